The van der Waals surface area contributed by atoms with E-state index in [2.05, 4.69) is 68.8 Å². The molecule has 2 heterocycles. The van der Waals surface area contributed by atoms with E-state index in [1.165, 1.54) is 4.90 Å². The molecule has 194 valence electrons. The minimum Gasteiger partial charge on any atom is -1.00 e. The zero-order valence-corrected chi connectivity index (χ0v) is 25.6. The number of hydrogen-bond donors (Lipinski definition) is 1. The predicted octanol–water partition coefficient (Wildman–Crippen LogP) is 4.00. The second-order valence-electron chi connectivity index (χ2n) is 10.2. The number of hydrogen-bond acceptors (Lipinski definition) is 5. The fraction of sp³-hybridized carbons (Fsp3) is 0.321. The normalized spacial score (nSPS) is 15.5. The van der Waals surface area contributed by atoms with Crippen molar-refractivity contribution < 1.29 is 26.5 Å². The Morgan fingerprint density at radius 1 is 1.05 bits per heavy atom. The number of fused-ring (bicyclic) bond motifs is 2. The van der Waals surface area contributed by atoms with Crippen molar-refractivity contribution >= 4 is 54.3 Å². The highest BCUT2D eigenvalue weighted by Crippen LogP contribution is 2.47. The number of nitrogens with one attached hydrogen (secondary N) is 1. The maximum Gasteiger partial charge on any atom is 0.402 e. The summed E-state index contributed by atoms with van der Waals surface area (Å²) in [6.45, 7) is 10.2. The summed E-state index contributed by atoms with van der Waals surface area (Å²) in [5.74, 6) is 2.63. The van der Waals surface area contributed by atoms with Crippen LogP contribution in [0.5, 0.6) is 5.75 Å². The van der Waals surface area contributed by atoms with Crippen molar-refractivity contribution in [3.05, 3.63) is 75.5 Å². The van der Waals surface area contributed by atoms with Crippen LogP contribution < -0.4 is 21.7 Å². The number of ether oxygens (including phenoxy) is 1. The molecule has 1 aliphatic carbocycles. The predicted molar refractivity (Wildman–Crippen MR) is 151 cm³/mol. The highest BCUT2D eigenvalue weighted by molar-refractivity contribution is 9.10. The molecular formula is C28H29BrClN3O2S2. The molecule has 0 radical (unpaired) electrons. The number of ketones is 1. The van der Waals surface area contributed by atoms with E-state index in [0.717, 1.165) is 55.3 Å². The summed E-state index contributed by atoms with van der Waals surface area (Å²) in [5, 5.41) is 0. The van der Waals surface area contributed by atoms with Crippen LogP contribution in [0.1, 0.15) is 50.1 Å². The molecule has 0 fully saturated rings. The van der Waals surface area contributed by atoms with Crippen molar-refractivity contribution in [1.29, 1.82) is 0 Å². The second kappa shape index (κ2) is 10.3. The van der Waals surface area contributed by atoms with E-state index in [1.54, 1.807) is 28.7 Å². The number of methoxy groups -OCH3 is 1. The van der Waals surface area contributed by atoms with Crippen molar-refractivity contribution in [1.82, 2.24) is 9.97 Å². The maximum atomic E-state index is 13.1. The molecule has 1 N–H and O–H groups in total. The van der Waals surface area contributed by atoms with Gasteiger partial charge in [-0.05, 0) is 82.1 Å². The van der Waals surface area contributed by atoms with Crippen LogP contribution in [-0.4, -0.2) is 22.9 Å². The number of H-pyrrole nitrogens is 1. The number of nitrogens with zero attached hydrogens (tertiary/aromatic N) is 2. The molecule has 0 unspecified atom stereocenters. The van der Waals surface area contributed by atoms with Crippen molar-refractivity contribution in [3.63, 3.8) is 0 Å². The number of imidazole rings is 1. The van der Waals surface area contributed by atoms with E-state index in [-0.39, 0.29) is 18.2 Å². The lowest BCUT2D eigenvalue weighted by molar-refractivity contribution is -0.610. The third-order valence-corrected chi connectivity index (χ3v) is 9.96. The largest absolute Gasteiger partial charge is 1.00 e. The summed E-state index contributed by atoms with van der Waals surface area (Å²) in [7, 11) is 5.23. The van der Waals surface area contributed by atoms with Crippen LogP contribution in [0.4, 0.5) is 0 Å². The van der Waals surface area contributed by atoms with Gasteiger partial charge >= 0.3 is 5.95 Å². The first-order valence-electron chi connectivity index (χ1n) is 11.8. The Morgan fingerprint density at radius 2 is 1.70 bits per heavy atom. The fourth-order valence-electron chi connectivity index (χ4n) is 5.14. The lowest BCUT2D eigenvalue weighted by Crippen LogP contribution is -3.00. The molecule has 0 spiro atoms. The van der Waals surface area contributed by atoms with E-state index >= 15 is 0 Å². The molecule has 0 amide bonds. The first-order valence-corrected chi connectivity index (χ1v) is 14.9. The summed E-state index contributed by atoms with van der Waals surface area (Å²) in [6.07, 6.45) is 2.01. The summed E-state index contributed by atoms with van der Waals surface area (Å²) in [6, 6.07) is 14.5. The highest BCUT2D eigenvalue weighted by atomic mass is 79.9. The third-order valence-electron chi connectivity index (χ3n) is 7.17. The van der Waals surface area contributed by atoms with Gasteiger partial charge in [0.15, 0.2) is 11.3 Å². The number of rotatable bonds is 6. The zero-order chi connectivity index (χ0) is 25.8. The van der Waals surface area contributed by atoms with Gasteiger partial charge in [-0.15, -0.1) is 0 Å². The number of benzene rings is 2. The van der Waals surface area contributed by atoms with Gasteiger partial charge in [0.05, 0.1) is 19.1 Å². The Kier molecular flexibility index (Phi) is 7.79. The molecule has 1 aliphatic rings. The Bertz CT molecular complexity index is 1440. The molecule has 0 saturated heterocycles. The minimum atomic E-state index is -0.526. The van der Waals surface area contributed by atoms with Gasteiger partial charge in [-0.2, -0.15) is 0 Å². The van der Waals surface area contributed by atoms with E-state index in [9.17, 15) is 4.79 Å². The Morgan fingerprint density at radius 3 is 2.35 bits per heavy atom. The zero-order valence-electron chi connectivity index (χ0n) is 21.6. The van der Waals surface area contributed by atoms with Gasteiger partial charge in [-0.1, -0.05) is 42.5 Å². The molecule has 2 aromatic carbocycles. The van der Waals surface area contributed by atoms with Crippen LogP contribution in [0.3, 0.4) is 0 Å². The smallest absolute Gasteiger partial charge is 0.402 e. The summed E-state index contributed by atoms with van der Waals surface area (Å²) in [4.78, 5) is 22.8. The van der Waals surface area contributed by atoms with Gasteiger partial charge in [0.1, 0.15) is 17.0 Å². The number of halogens is 2. The quantitative estimate of drug-likeness (QED) is 0.262. The van der Waals surface area contributed by atoms with Crippen LogP contribution in [0.2, 0.25) is 0 Å². The first kappa shape index (κ1) is 28.0. The third kappa shape index (κ3) is 4.82. The molecular weight excluding hydrogens is 590 g/mol. The fourth-order valence-corrected chi connectivity index (χ4v) is 7.57. The van der Waals surface area contributed by atoms with Crippen molar-refractivity contribution in [3.8, 4) is 11.7 Å². The molecule has 4 aromatic rings. The SMILES string of the molecule is COc1cc[n+](-c2nc3cc4c(cc3[nH]2)C(C)(C)C(=O)C4(C)C)c(CSSc2ccc(Br)cc2)c1C.[Cl-]. The number of pyridine rings is 1. The first-order chi connectivity index (χ1) is 17.0. The molecule has 37 heavy (non-hydrogen) atoms. The summed E-state index contributed by atoms with van der Waals surface area (Å²) < 4.78 is 8.81. The number of aromatic nitrogens is 3. The van der Waals surface area contributed by atoms with Gasteiger partial charge in [0.2, 0.25) is 0 Å². The van der Waals surface area contributed by atoms with Crippen LogP contribution >= 0.6 is 37.5 Å². The minimum absolute atomic E-state index is 0. The topological polar surface area (TPSA) is 58.9 Å². The Balaban J connectivity index is 0.00000320. The van der Waals surface area contributed by atoms with Gasteiger partial charge < -0.3 is 17.1 Å². The number of carbonyl (C=O) groups is 1. The van der Waals surface area contributed by atoms with Gasteiger partial charge in [-0.3, -0.25) is 4.79 Å². The monoisotopic (exact) mass is 617 g/mol. The van der Waals surface area contributed by atoms with Gasteiger partial charge in [0, 0.05) is 31.8 Å². The lowest BCUT2D eigenvalue weighted by atomic mass is 9.80. The molecule has 9 heteroatoms. The molecule has 5 rings (SSSR count). The maximum absolute atomic E-state index is 13.1. The molecule has 0 saturated carbocycles. The highest BCUT2D eigenvalue weighted by Gasteiger charge is 2.50. The number of Topliss-reactive ketones (excluding diaryl/α,β-unsaturated/α-hetero) is 1. The van der Waals surface area contributed by atoms with Crippen LogP contribution in [0.15, 0.2) is 58.0 Å². The van der Waals surface area contributed by atoms with Crippen molar-refractivity contribution in [2.45, 2.75) is 56.1 Å². The molecule has 0 bridgehead atoms. The van der Waals surface area contributed by atoms with E-state index in [1.807, 2.05) is 40.0 Å². The summed E-state index contributed by atoms with van der Waals surface area (Å²) in [5.41, 5.74) is 5.11. The molecule has 2 aromatic heterocycles. The van der Waals surface area contributed by atoms with Gasteiger partial charge in [0.25, 0.3) is 0 Å². The average molecular weight is 619 g/mol. The van der Waals surface area contributed by atoms with E-state index in [4.69, 9.17) is 9.72 Å². The van der Waals surface area contributed by atoms with Crippen LogP contribution in [0.25, 0.3) is 17.0 Å². The van der Waals surface area contributed by atoms with Crippen molar-refractivity contribution in [2.75, 3.05) is 7.11 Å². The molecule has 5 nitrogen and oxygen atoms in total. The van der Waals surface area contributed by atoms with Crippen molar-refractivity contribution in [2.24, 2.45) is 0 Å². The Labute approximate surface area is 240 Å². The second-order valence-corrected chi connectivity index (χ2v) is 13.5. The van der Waals surface area contributed by atoms with Crippen LogP contribution in [0, 0.1) is 6.92 Å². The summed E-state index contributed by atoms with van der Waals surface area (Å²) >= 11 is 3.50. The molecule has 0 aliphatic heterocycles. The van der Waals surface area contributed by atoms with E-state index in [0.29, 0.717) is 0 Å². The average Bonchev–Trinajstić information content (AvgIpc) is 3.32. The molecule has 0 atom stereocenters. The van der Waals surface area contributed by atoms with Crippen LogP contribution in [-0.2, 0) is 21.4 Å². The number of carbonyl (C=O) groups excluding carboxylic acids is 1. The number of aromatic amines is 1. The standard InChI is InChI=1S/C28H29BrN3O2S2.ClH/c1-16-23(15-35-36-18-9-7-17(29)8-10-18)32(12-11-24(16)34-6)26-30-21-13-19-20(14-22(21)31-26)28(4,5)25(33)27(19,2)3;/h7-14H,15H2,1-6H3,(H,30,31);1H/q+1;/p-1. The van der Waals surface area contributed by atoms with E-state index < -0.39 is 10.8 Å². The van der Waals surface area contributed by atoms with Gasteiger partial charge in [-0.25, -0.2) is 9.55 Å². The lowest BCUT2D eigenvalue weighted by Gasteiger charge is -2.21. The Hall–Kier alpha value is -2.00.